The van der Waals surface area contributed by atoms with Crippen LogP contribution in [-0.4, -0.2) is 51.0 Å². The molecule has 5 rings (SSSR count). The number of aromatic nitrogens is 3. The van der Waals surface area contributed by atoms with Crippen molar-refractivity contribution in [2.75, 3.05) is 13.2 Å². The van der Waals surface area contributed by atoms with Gasteiger partial charge in [0.05, 0.1) is 24.4 Å². The molecule has 36 heavy (non-hydrogen) atoms. The molecule has 0 aliphatic carbocycles. The summed E-state index contributed by atoms with van der Waals surface area (Å²) < 4.78 is 12.8. The fourth-order valence-corrected chi connectivity index (χ4v) is 4.52. The zero-order chi connectivity index (χ0) is 24.9. The molecule has 0 bridgehead atoms. The van der Waals surface area contributed by atoms with Gasteiger partial charge < -0.3 is 19.4 Å². The average molecular weight is 488 g/mol. The molecule has 2 aromatic heterocycles. The van der Waals surface area contributed by atoms with Gasteiger partial charge in [-0.25, -0.2) is 4.68 Å². The second-order valence-electron chi connectivity index (χ2n) is 9.03. The maximum absolute atomic E-state index is 13.8. The molecule has 0 unspecified atom stereocenters. The highest BCUT2D eigenvalue weighted by atomic mass is 16.5. The van der Waals surface area contributed by atoms with Crippen LogP contribution in [0.2, 0.25) is 0 Å². The van der Waals surface area contributed by atoms with Gasteiger partial charge in [0, 0.05) is 13.2 Å². The zero-order valence-electron chi connectivity index (χ0n) is 20.2. The molecule has 9 heteroatoms. The second kappa shape index (κ2) is 10.7. The van der Waals surface area contributed by atoms with Crippen LogP contribution in [0.1, 0.15) is 35.8 Å². The number of nitrogens with zero attached hydrogens (tertiary/aromatic N) is 4. The SMILES string of the molecule is Cc1ccc([C@@H](C(=O)NCc2ccco2)N(C[C@H]2CCCO2)C(=O)Cn2nnc3ccccc32)cc1. The largest absolute Gasteiger partial charge is 0.467 e. The molecule has 1 aliphatic heterocycles. The third-order valence-electron chi connectivity index (χ3n) is 6.42. The van der Waals surface area contributed by atoms with Crippen molar-refractivity contribution in [2.24, 2.45) is 0 Å². The summed E-state index contributed by atoms with van der Waals surface area (Å²) in [6.07, 6.45) is 3.20. The van der Waals surface area contributed by atoms with Crippen LogP contribution in [0.25, 0.3) is 11.0 Å². The molecule has 2 atom stereocenters. The predicted molar refractivity (Wildman–Crippen MR) is 133 cm³/mol. The Bertz CT molecular complexity index is 1310. The molecule has 4 aromatic rings. The summed E-state index contributed by atoms with van der Waals surface area (Å²) in [4.78, 5) is 29.1. The Morgan fingerprint density at radius 1 is 1.14 bits per heavy atom. The normalized spacial score (nSPS) is 16.2. The number of aryl methyl sites for hydroxylation is 1. The van der Waals surface area contributed by atoms with Gasteiger partial charge in [0.2, 0.25) is 11.8 Å². The third-order valence-corrected chi connectivity index (χ3v) is 6.42. The summed E-state index contributed by atoms with van der Waals surface area (Å²) in [6.45, 7) is 3.13. The second-order valence-corrected chi connectivity index (χ2v) is 9.03. The molecule has 1 fully saturated rings. The molecule has 9 nitrogen and oxygen atoms in total. The molecule has 0 saturated carbocycles. The maximum Gasteiger partial charge on any atom is 0.247 e. The minimum absolute atomic E-state index is 0.0406. The Kier molecular flexibility index (Phi) is 7.08. The number of nitrogens with one attached hydrogen (secondary N) is 1. The molecular weight excluding hydrogens is 458 g/mol. The fraction of sp³-hybridized carbons (Fsp3) is 0.333. The number of hydrogen-bond donors (Lipinski definition) is 1. The van der Waals surface area contributed by atoms with E-state index in [1.165, 1.54) is 0 Å². The van der Waals surface area contributed by atoms with E-state index in [9.17, 15) is 9.59 Å². The smallest absolute Gasteiger partial charge is 0.247 e. The standard InChI is InChI=1S/C27H29N5O4/c1-19-10-12-20(13-11-19)26(27(34)28-16-21-6-4-14-35-21)31(17-22-7-5-15-36-22)25(33)18-32-24-9-3-2-8-23(24)29-30-32/h2-4,6,8-14,22,26H,5,7,15-18H2,1H3,(H,28,34)/t22-,26+/m1/s1. The number of carbonyl (C=O) groups excluding carboxylic acids is 2. The lowest BCUT2D eigenvalue weighted by atomic mass is 10.0. The lowest BCUT2D eigenvalue weighted by Crippen LogP contribution is -2.47. The van der Waals surface area contributed by atoms with Gasteiger partial charge in [0.1, 0.15) is 23.9 Å². The number of ether oxygens (including phenoxy) is 1. The third kappa shape index (κ3) is 5.31. The first kappa shape index (κ1) is 23.7. The summed E-state index contributed by atoms with van der Waals surface area (Å²) in [6, 6.07) is 17.9. The average Bonchev–Trinajstić information content (AvgIpc) is 3.67. The van der Waals surface area contributed by atoms with Gasteiger partial charge in [-0.3, -0.25) is 9.59 Å². The van der Waals surface area contributed by atoms with Gasteiger partial charge in [-0.15, -0.1) is 5.10 Å². The number of fused-ring (bicyclic) bond motifs is 1. The summed E-state index contributed by atoms with van der Waals surface area (Å²) in [5.74, 6) is 0.113. The van der Waals surface area contributed by atoms with Crippen LogP contribution in [0.4, 0.5) is 0 Å². The molecule has 1 aliphatic rings. The molecule has 186 valence electrons. The quantitative estimate of drug-likeness (QED) is 0.388. The van der Waals surface area contributed by atoms with E-state index < -0.39 is 6.04 Å². The highest BCUT2D eigenvalue weighted by Crippen LogP contribution is 2.26. The number of hydrogen-bond acceptors (Lipinski definition) is 6. The maximum atomic E-state index is 13.8. The van der Waals surface area contributed by atoms with Gasteiger partial charge in [0.15, 0.2) is 0 Å². The molecule has 2 aromatic carbocycles. The number of furan rings is 1. The Hall–Kier alpha value is -3.98. The summed E-state index contributed by atoms with van der Waals surface area (Å²) in [5, 5.41) is 11.3. The van der Waals surface area contributed by atoms with Crippen LogP contribution in [0.15, 0.2) is 71.3 Å². The van der Waals surface area contributed by atoms with E-state index in [1.807, 2.05) is 55.5 Å². The van der Waals surface area contributed by atoms with Crippen LogP contribution < -0.4 is 5.32 Å². The number of rotatable bonds is 9. The summed E-state index contributed by atoms with van der Waals surface area (Å²) in [5.41, 5.74) is 3.27. The fourth-order valence-electron chi connectivity index (χ4n) is 4.52. The van der Waals surface area contributed by atoms with Crippen molar-refractivity contribution in [3.63, 3.8) is 0 Å². The van der Waals surface area contributed by atoms with Crippen molar-refractivity contribution in [1.82, 2.24) is 25.2 Å². The Balaban J connectivity index is 1.46. The summed E-state index contributed by atoms with van der Waals surface area (Å²) >= 11 is 0. The van der Waals surface area contributed by atoms with Crippen LogP contribution >= 0.6 is 0 Å². The van der Waals surface area contributed by atoms with E-state index in [2.05, 4.69) is 15.6 Å². The number of benzene rings is 2. The van der Waals surface area contributed by atoms with Crippen LogP contribution in [0, 0.1) is 6.92 Å². The minimum Gasteiger partial charge on any atom is -0.467 e. The molecule has 0 radical (unpaired) electrons. The Morgan fingerprint density at radius 2 is 1.97 bits per heavy atom. The van der Waals surface area contributed by atoms with E-state index in [4.69, 9.17) is 9.15 Å². The molecule has 1 N–H and O–H groups in total. The van der Waals surface area contributed by atoms with E-state index in [-0.39, 0.29) is 31.0 Å². The molecule has 3 heterocycles. The van der Waals surface area contributed by atoms with Crippen LogP contribution in [0.3, 0.4) is 0 Å². The Morgan fingerprint density at radius 3 is 2.72 bits per heavy atom. The lowest BCUT2D eigenvalue weighted by Gasteiger charge is -2.33. The number of carbonyl (C=O) groups is 2. The topological polar surface area (TPSA) is 102 Å². The van der Waals surface area contributed by atoms with Crippen LogP contribution in [-0.2, 0) is 27.4 Å². The van der Waals surface area contributed by atoms with Crippen molar-refractivity contribution in [3.8, 4) is 0 Å². The van der Waals surface area contributed by atoms with E-state index in [0.29, 0.717) is 24.4 Å². The molecule has 0 spiro atoms. The van der Waals surface area contributed by atoms with E-state index in [0.717, 1.165) is 29.5 Å². The van der Waals surface area contributed by atoms with E-state index >= 15 is 0 Å². The van der Waals surface area contributed by atoms with Gasteiger partial charge in [-0.1, -0.05) is 47.2 Å². The molecular formula is C27H29N5O4. The van der Waals surface area contributed by atoms with Crippen molar-refractivity contribution in [1.29, 1.82) is 0 Å². The van der Waals surface area contributed by atoms with E-state index in [1.54, 1.807) is 28.0 Å². The van der Waals surface area contributed by atoms with Crippen molar-refractivity contribution < 1.29 is 18.7 Å². The van der Waals surface area contributed by atoms with Crippen molar-refractivity contribution >= 4 is 22.8 Å². The predicted octanol–water partition coefficient (Wildman–Crippen LogP) is 3.40. The Labute approximate surface area is 209 Å². The highest BCUT2D eigenvalue weighted by Gasteiger charge is 2.34. The van der Waals surface area contributed by atoms with Gasteiger partial charge in [-0.2, -0.15) is 0 Å². The summed E-state index contributed by atoms with van der Waals surface area (Å²) in [7, 11) is 0. The first-order chi connectivity index (χ1) is 17.6. The first-order valence-electron chi connectivity index (χ1n) is 12.1. The number of amides is 2. The molecule has 2 amide bonds. The minimum atomic E-state index is -0.841. The monoisotopic (exact) mass is 487 g/mol. The molecule has 1 saturated heterocycles. The van der Waals surface area contributed by atoms with Gasteiger partial charge in [0.25, 0.3) is 0 Å². The first-order valence-corrected chi connectivity index (χ1v) is 12.1. The highest BCUT2D eigenvalue weighted by molar-refractivity contribution is 5.89. The van der Waals surface area contributed by atoms with Gasteiger partial charge >= 0.3 is 0 Å². The van der Waals surface area contributed by atoms with Crippen molar-refractivity contribution in [2.45, 2.75) is 45.0 Å². The van der Waals surface area contributed by atoms with Gasteiger partial charge in [-0.05, 0) is 49.6 Å². The number of para-hydroxylation sites is 1. The zero-order valence-corrected chi connectivity index (χ0v) is 20.2. The van der Waals surface area contributed by atoms with Crippen LogP contribution in [0.5, 0.6) is 0 Å². The lowest BCUT2D eigenvalue weighted by molar-refractivity contribution is -0.143. The van der Waals surface area contributed by atoms with Crippen molar-refractivity contribution in [3.05, 3.63) is 83.8 Å².